The molecule has 1 aliphatic heterocycles. The average Bonchev–Trinajstić information content (AvgIpc) is 2.65. The Labute approximate surface area is 152 Å². The second kappa shape index (κ2) is 6.22. The van der Waals surface area contributed by atoms with Crippen molar-refractivity contribution in [3.63, 3.8) is 0 Å². The first-order valence-electron chi connectivity index (χ1n) is 8.31. The van der Waals surface area contributed by atoms with Crippen LogP contribution in [0.1, 0.15) is 17.0 Å². The largest absolute Gasteiger partial charge is 0.451 e. The molecule has 2 N–H and O–H groups in total. The number of aromatic nitrogens is 2. The molecule has 1 amide bonds. The van der Waals surface area contributed by atoms with E-state index in [1.54, 1.807) is 23.1 Å². The predicted octanol–water partition coefficient (Wildman–Crippen LogP) is 3.07. The van der Waals surface area contributed by atoms with Crippen LogP contribution < -0.4 is 10.6 Å². The lowest BCUT2D eigenvalue weighted by molar-refractivity contribution is -0.144. The zero-order chi connectivity index (χ0) is 19.2. The minimum Gasteiger partial charge on any atom is -0.368 e. The minimum atomic E-state index is -4.70. The number of alkyl halides is 3. The number of halogens is 3. The fourth-order valence-corrected chi connectivity index (χ4v) is 3.41. The number of para-hydroxylation sites is 1. The van der Waals surface area contributed by atoms with Crippen molar-refractivity contribution in [2.45, 2.75) is 25.2 Å². The molecule has 1 aliphatic rings. The van der Waals surface area contributed by atoms with Crippen molar-refractivity contribution in [3.8, 4) is 0 Å². The first-order valence-corrected chi connectivity index (χ1v) is 8.31. The van der Waals surface area contributed by atoms with Crippen molar-refractivity contribution in [1.82, 2.24) is 9.97 Å². The number of hydrogen-bond acceptors (Lipinski definition) is 4. The molecule has 0 unspecified atom stereocenters. The number of nitrogens with zero attached hydrogens (tertiary/aromatic N) is 3. The number of hydrogen-bond donors (Lipinski definition) is 1. The van der Waals surface area contributed by atoms with E-state index in [0.717, 1.165) is 11.1 Å². The fourth-order valence-electron chi connectivity index (χ4n) is 3.41. The maximum atomic E-state index is 13.3. The van der Waals surface area contributed by atoms with Gasteiger partial charge in [-0.1, -0.05) is 36.4 Å². The van der Waals surface area contributed by atoms with E-state index in [1.165, 1.54) is 6.07 Å². The molecule has 2 aromatic carbocycles. The van der Waals surface area contributed by atoms with Crippen LogP contribution in [0.5, 0.6) is 0 Å². The third-order valence-corrected chi connectivity index (χ3v) is 4.69. The van der Waals surface area contributed by atoms with E-state index < -0.39 is 23.9 Å². The van der Waals surface area contributed by atoms with Gasteiger partial charge in [-0.25, -0.2) is 9.97 Å². The molecular formula is C19H15F3N4O. The van der Waals surface area contributed by atoms with Crippen LogP contribution in [0.4, 0.5) is 19.0 Å². The Hall–Kier alpha value is -3.16. The number of fused-ring (bicyclic) bond motifs is 2. The summed E-state index contributed by atoms with van der Waals surface area (Å²) in [6.07, 6.45) is -4.39. The predicted molar refractivity (Wildman–Crippen MR) is 93.9 cm³/mol. The van der Waals surface area contributed by atoms with Gasteiger partial charge in [0.05, 0.1) is 5.52 Å². The standard InChI is InChI=1S/C19H15F3N4O/c20-19(21,22)18-24-14-8-4-3-7-13(14)17(25-18)26-10-12-6-2-1-5-11(12)9-15(26)16(23)27/h1-8,15H,9-10H2,(H2,23,27)/t15-/m1/s1. The Balaban J connectivity index is 1.93. The van der Waals surface area contributed by atoms with Crippen molar-refractivity contribution in [3.05, 3.63) is 65.5 Å². The van der Waals surface area contributed by atoms with E-state index in [9.17, 15) is 18.0 Å². The number of benzene rings is 2. The lowest BCUT2D eigenvalue weighted by Crippen LogP contribution is -2.49. The molecule has 0 fully saturated rings. The van der Waals surface area contributed by atoms with Gasteiger partial charge in [0.1, 0.15) is 11.9 Å². The van der Waals surface area contributed by atoms with Gasteiger partial charge < -0.3 is 10.6 Å². The quantitative estimate of drug-likeness (QED) is 0.751. The lowest BCUT2D eigenvalue weighted by Gasteiger charge is -2.36. The average molecular weight is 372 g/mol. The van der Waals surface area contributed by atoms with Crippen molar-refractivity contribution >= 4 is 22.6 Å². The molecule has 0 bridgehead atoms. The van der Waals surface area contributed by atoms with Gasteiger partial charge in [-0.2, -0.15) is 13.2 Å². The number of carbonyl (C=O) groups excluding carboxylic acids is 1. The highest BCUT2D eigenvalue weighted by molar-refractivity contribution is 5.93. The molecule has 0 saturated carbocycles. The Morgan fingerprint density at radius 3 is 2.41 bits per heavy atom. The number of amides is 1. The summed E-state index contributed by atoms with van der Waals surface area (Å²) in [5.74, 6) is -1.79. The molecule has 0 aliphatic carbocycles. The summed E-state index contributed by atoms with van der Waals surface area (Å²) in [5, 5.41) is 0.441. The number of anilines is 1. The zero-order valence-corrected chi connectivity index (χ0v) is 14.1. The van der Waals surface area contributed by atoms with E-state index >= 15 is 0 Å². The number of nitrogens with two attached hydrogens (primary N) is 1. The molecule has 27 heavy (non-hydrogen) atoms. The summed E-state index contributed by atoms with van der Waals surface area (Å²) < 4.78 is 40.0. The van der Waals surface area contributed by atoms with Crippen molar-refractivity contribution in [2.75, 3.05) is 4.90 Å². The summed E-state index contributed by atoms with van der Waals surface area (Å²) in [7, 11) is 0. The maximum absolute atomic E-state index is 13.3. The highest BCUT2D eigenvalue weighted by Gasteiger charge is 2.38. The smallest absolute Gasteiger partial charge is 0.368 e. The molecule has 8 heteroatoms. The van der Waals surface area contributed by atoms with E-state index in [2.05, 4.69) is 9.97 Å². The van der Waals surface area contributed by atoms with Crippen LogP contribution in [-0.2, 0) is 23.9 Å². The second-order valence-corrected chi connectivity index (χ2v) is 6.40. The number of rotatable bonds is 2. The number of primary amides is 1. The van der Waals surface area contributed by atoms with Crippen LogP contribution in [0.15, 0.2) is 48.5 Å². The second-order valence-electron chi connectivity index (χ2n) is 6.40. The van der Waals surface area contributed by atoms with Crippen LogP contribution in [0.25, 0.3) is 10.9 Å². The highest BCUT2D eigenvalue weighted by Crippen LogP contribution is 2.35. The molecule has 0 saturated heterocycles. The van der Waals surface area contributed by atoms with E-state index in [0.29, 0.717) is 11.8 Å². The molecule has 3 aromatic rings. The van der Waals surface area contributed by atoms with Crippen LogP contribution in [0.3, 0.4) is 0 Å². The summed E-state index contributed by atoms with van der Waals surface area (Å²) >= 11 is 0. The summed E-state index contributed by atoms with van der Waals surface area (Å²) in [6, 6.07) is 13.1. The first kappa shape index (κ1) is 17.3. The Morgan fingerprint density at radius 2 is 1.70 bits per heavy atom. The van der Waals surface area contributed by atoms with Crippen LogP contribution in [0, 0.1) is 0 Å². The van der Waals surface area contributed by atoms with Gasteiger partial charge in [0.15, 0.2) is 0 Å². The first-order chi connectivity index (χ1) is 12.8. The van der Waals surface area contributed by atoms with Crippen LogP contribution >= 0.6 is 0 Å². The topological polar surface area (TPSA) is 72.1 Å². The minimum absolute atomic E-state index is 0.0613. The molecule has 1 aromatic heterocycles. The molecule has 0 spiro atoms. The van der Waals surface area contributed by atoms with Crippen LogP contribution in [-0.4, -0.2) is 21.9 Å². The van der Waals surface area contributed by atoms with E-state index in [1.807, 2.05) is 24.3 Å². The van der Waals surface area contributed by atoms with Gasteiger partial charge in [0.2, 0.25) is 11.7 Å². The normalized spacial score (nSPS) is 17.0. The van der Waals surface area contributed by atoms with Gasteiger partial charge in [-0.15, -0.1) is 0 Å². The number of carbonyl (C=O) groups is 1. The van der Waals surface area contributed by atoms with Crippen molar-refractivity contribution in [1.29, 1.82) is 0 Å². The molecule has 138 valence electrons. The Kier molecular flexibility index (Phi) is 3.98. The Bertz CT molecular complexity index is 1030. The third-order valence-electron chi connectivity index (χ3n) is 4.69. The maximum Gasteiger partial charge on any atom is 0.451 e. The molecule has 2 heterocycles. The SMILES string of the molecule is NC(=O)[C@H]1Cc2ccccc2CN1c1nc(C(F)(F)F)nc2ccccc12. The summed E-state index contributed by atoms with van der Waals surface area (Å²) in [4.78, 5) is 21.0. The van der Waals surface area contributed by atoms with Gasteiger partial charge >= 0.3 is 6.18 Å². The zero-order valence-electron chi connectivity index (χ0n) is 14.1. The van der Waals surface area contributed by atoms with Crippen molar-refractivity contribution < 1.29 is 18.0 Å². The fraction of sp³-hybridized carbons (Fsp3) is 0.211. The van der Waals surface area contributed by atoms with Gasteiger partial charge in [-0.3, -0.25) is 4.79 Å². The molecule has 1 atom stereocenters. The van der Waals surface area contributed by atoms with Gasteiger partial charge in [0, 0.05) is 18.4 Å². The van der Waals surface area contributed by atoms with Gasteiger partial charge in [-0.05, 0) is 23.3 Å². The van der Waals surface area contributed by atoms with E-state index in [4.69, 9.17) is 5.73 Å². The monoisotopic (exact) mass is 372 g/mol. The Morgan fingerprint density at radius 1 is 1.04 bits per heavy atom. The molecule has 4 rings (SSSR count). The molecular weight excluding hydrogens is 357 g/mol. The summed E-state index contributed by atoms with van der Waals surface area (Å²) in [5.41, 5.74) is 7.61. The van der Waals surface area contributed by atoms with Gasteiger partial charge in [0.25, 0.3) is 0 Å². The van der Waals surface area contributed by atoms with E-state index in [-0.39, 0.29) is 17.9 Å². The van der Waals surface area contributed by atoms with Crippen LogP contribution in [0.2, 0.25) is 0 Å². The highest BCUT2D eigenvalue weighted by atomic mass is 19.4. The van der Waals surface area contributed by atoms with Crippen molar-refractivity contribution in [2.24, 2.45) is 5.73 Å². The lowest BCUT2D eigenvalue weighted by atomic mass is 9.93. The molecule has 5 nitrogen and oxygen atoms in total. The molecule has 0 radical (unpaired) electrons. The summed E-state index contributed by atoms with van der Waals surface area (Å²) in [6.45, 7) is 0.238. The third kappa shape index (κ3) is 3.07.